The van der Waals surface area contributed by atoms with E-state index in [4.69, 9.17) is 9.84 Å². The van der Waals surface area contributed by atoms with Crippen molar-refractivity contribution in [3.8, 4) is 5.75 Å². The van der Waals surface area contributed by atoms with Crippen LogP contribution >= 0.6 is 0 Å². The summed E-state index contributed by atoms with van der Waals surface area (Å²) in [6, 6.07) is 13.9. The number of anilines is 2. The highest BCUT2D eigenvalue weighted by Crippen LogP contribution is 2.28. The van der Waals surface area contributed by atoms with Gasteiger partial charge in [0.15, 0.2) is 0 Å². The molecule has 2 aromatic rings. The summed E-state index contributed by atoms with van der Waals surface area (Å²) in [4.78, 5) is 2.12. The second-order valence-electron chi connectivity index (χ2n) is 4.54. The van der Waals surface area contributed by atoms with Crippen molar-refractivity contribution in [1.29, 1.82) is 0 Å². The Kier molecular flexibility index (Phi) is 4.07. The summed E-state index contributed by atoms with van der Waals surface area (Å²) >= 11 is 0. The summed E-state index contributed by atoms with van der Waals surface area (Å²) in [5.74, 6) is 0.851. The van der Waals surface area contributed by atoms with Crippen molar-refractivity contribution >= 4 is 11.4 Å². The first-order chi connectivity index (χ1) is 9.15. The molecule has 0 unspecified atom stereocenters. The fourth-order valence-electron chi connectivity index (χ4n) is 2.14. The van der Waals surface area contributed by atoms with E-state index in [1.165, 1.54) is 0 Å². The van der Waals surface area contributed by atoms with Crippen LogP contribution in [0, 0.1) is 6.92 Å². The van der Waals surface area contributed by atoms with E-state index < -0.39 is 0 Å². The quantitative estimate of drug-likeness (QED) is 0.912. The number of hydrogen-bond acceptors (Lipinski definition) is 3. The zero-order valence-electron chi connectivity index (χ0n) is 11.6. The van der Waals surface area contributed by atoms with Gasteiger partial charge in [-0.2, -0.15) is 0 Å². The van der Waals surface area contributed by atoms with Crippen LogP contribution in [0.15, 0.2) is 42.5 Å². The summed E-state index contributed by atoms with van der Waals surface area (Å²) in [6.45, 7) is 2.13. The molecule has 0 aliphatic carbocycles. The maximum Gasteiger partial charge on any atom is 0.119 e. The second-order valence-corrected chi connectivity index (χ2v) is 4.54. The largest absolute Gasteiger partial charge is 0.497 e. The van der Waals surface area contributed by atoms with Crippen LogP contribution in [0.2, 0.25) is 0 Å². The molecule has 0 heterocycles. The maximum absolute atomic E-state index is 9.14. The molecule has 0 radical (unpaired) electrons. The van der Waals surface area contributed by atoms with E-state index in [9.17, 15) is 0 Å². The Morgan fingerprint density at radius 1 is 1.11 bits per heavy atom. The van der Waals surface area contributed by atoms with Gasteiger partial charge in [-0.3, -0.25) is 0 Å². The van der Waals surface area contributed by atoms with Crippen LogP contribution < -0.4 is 9.64 Å². The highest BCUT2D eigenvalue weighted by Gasteiger charge is 2.07. The Morgan fingerprint density at radius 3 is 2.32 bits per heavy atom. The average molecular weight is 257 g/mol. The minimum absolute atomic E-state index is 0.0768. The van der Waals surface area contributed by atoms with Crippen LogP contribution in [0.1, 0.15) is 11.1 Å². The predicted octanol–water partition coefficient (Wildman–Crippen LogP) is 3.26. The molecule has 2 rings (SSSR count). The number of aliphatic hydroxyl groups is 1. The van der Waals surface area contributed by atoms with Crippen molar-refractivity contribution in [3.05, 3.63) is 53.6 Å². The Bertz CT molecular complexity index is 549. The van der Waals surface area contributed by atoms with Gasteiger partial charge in [0.2, 0.25) is 0 Å². The molecular formula is C16H19NO2. The van der Waals surface area contributed by atoms with Gasteiger partial charge in [0.25, 0.3) is 0 Å². The molecule has 100 valence electrons. The molecular weight excluding hydrogens is 238 g/mol. The molecule has 0 atom stereocenters. The van der Waals surface area contributed by atoms with Gasteiger partial charge in [0.1, 0.15) is 5.75 Å². The van der Waals surface area contributed by atoms with Gasteiger partial charge in [0, 0.05) is 18.4 Å². The van der Waals surface area contributed by atoms with E-state index in [2.05, 4.69) is 11.8 Å². The molecule has 0 spiro atoms. The molecule has 0 aliphatic heterocycles. The number of hydrogen-bond donors (Lipinski definition) is 1. The number of aryl methyl sites for hydroxylation is 1. The molecule has 2 aromatic carbocycles. The molecule has 0 aliphatic rings. The van der Waals surface area contributed by atoms with Crippen LogP contribution in [0.3, 0.4) is 0 Å². The summed E-state index contributed by atoms with van der Waals surface area (Å²) in [7, 11) is 3.69. The molecule has 0 bridgehead atoms. The van der Waals surface area contributed by atoms with Gasteiger partial charge >= 0.3 is 0 Å². The third-order valence-corrected chi connectivity index (χ3v) is 3.26. The van der Waals surface area contributed by atoms with Gasteiger partial charge < -0.3 is 14.7 Å². The lowest BCUT2D eigenvalue weighted by atomic mass is 10.1. The van der Waals surface area contributed by atoms with Crippen molar-refractivity contribution in [2.45, 2.75) is 13.5 Å². The van der Waals surface area contributed by atoms with Crippen molar-refractivity contribution in [3.63, 3.8) is 0 Å². The van der Waals surface area contributed by atoms with Gasteiger partial charge in [-0.15, -0.1) is 0 Å². The van der Waals surface area contributed by atoms with Crippen LogP contribution in [0.5, 0.6) is 5.75 Å². The number of ether oxygens (including phenoxy) is 1. The van der Waals surface area contributed by atoms with E-state index in [1.54, 1.807) is 7.11 Å². The minimum atomic E-state index is 0.0768. The number of benzene rings is 2. The van der Waals surface area contributed by atoms with Crippen LogP contribution in [0.4, 0.5) is 11.4 Å². The average Bonchev–Trinajstić information content (AvgIpc) is 2.46. The van der Waals surface area contributed by atoms with E-state index >= 15 is 0 Å². The smallest absolute Gasteiger partial charge is 0.119 e. The lowest BCUT2D eigenvalue weighted by Crippen LogP contribution is -2.11. The first-order valence-corrected chi connectivity index (χ1v) is 6.24. The molecule has 3 heteroatoms. The first-order valence-electron chi connectivity index (χ1n) is 6.24. The Hall–Kier alpha value is -2.00. The molecule has 0 fully saturated rings. The molecule has 0 saturated heterocycles. The number of aliphatic hydroxyl groups excluding tert-OH is 1. The molecule has 0 aromatic heterocycles. The normalized spacial score (nSPS) is 10.3. The Labute approximate surface area is 114 Å². The van der Waals surface area contributed by atoms with E-state index in [-0.39, 0.29) is 6.61 Å². The van der Waals surface area contributed by atoms with Gasteiger partial charge in [0.05, 0.1) is 13.7 Å². The molecule has 0 amide bonds. The van der Waals surface area contributed by atoms with Crippen molar-refractivity contribution in [1.82, 2.24) is 0 Å². The first kappa shape index (κ1) is 13.4. The van der Waals surface area contributed by atoms with Crippen molar-refractivity contribution in [2.24, 2.45) is 0 Å². The topological polar surface area (TPSA) is 32.7 Å². The predicted molar refractivity (Wildman–Crippen MR) is 78.2 cm³/mol. The fourth-order valence-corrected chi connectivity index (χ4v) is 2.14. The number of nitrogens with zero attached hydrogens (tertiary/aromatic N) is 1. The van der Waals surface area contributed by atoms with E-state index in [1.807, 2.05) is 49.5 Å². The Balaban J connectivity index is 2.29. The Morgan fingerprint density at radius 2 is 1.79 bits per heavy atom. The minimum Gasteiger partial charge on any atom is -0.497 e. The standard InChI is InChI=1S/C16H19NO2/c1-12-10-13(11-18)4-9-16(12)17(2)14-5-7-15(19-3)8-6-14/h4-10,18H,11H2,1-3H3. The summed E-state index contributed by atoms with van der Waals surface area (Å²) in [5.41, 5.74) is 4.30. The highest BCUT2D eigenvalue weighted by atomic mass is 16.5. The molecule has 1 N–H and O–H groups in total. The van der Waals surface area contributed by atoms with E-state index in [0.717, 1.165) is 28.3 Å². The number of rotatable bonds is 4. The molecule has 0 saturated carbocycles. The SMILES string of the molecule is COc1ccc(N(C)c2ccc(CO)cc2C)cc1. The van der Waals surface area contributed by atoms with Crippen molar-refractivity contribution in [2.75, 3.05) is 19.1 Å². The lowest BCUT2D eigenvalue weighted by molar-refractivity contribution is 0.282. The van der Waals surface area contributed by atoms with E-state index in [0.29, 0.717) is 0 Å². The summed E-state index contributed by atoms with van der Waals surface area (Å²) in [6.07, 6.45) is 0. The third kappa shape index (κ3) is 2.88. The monoisotopic (exact) mass is 257 g/mol. The zero-order chi connectivity index (χ0) is 13.8. The van der Waals surface area contributed by atoms with Gasteiger partial charge in [-0.25, -0.2) is 0 Å². The molecule has 3 nitrogen and oxygen atoms in total. The third-order valence-electron chi connectivity index (χ3n) is 3.26. The van der Waals surface area contributed by atoms with Crippen molar-refractivity contribution < 1.29 is 9.84 Å². The van der Waals surface area contributed by atoms with Crippen LogP contribution in [-0.2, 0) is 6.61 Å². The maximum atomic E-state index is 9.14. The van der Waals surface area contributed by atoms with Crippen LogP contribution in [-0.4, -0.2) is 19.3 Å². The molecule has 19 heavy (non-hydrogen) atoms. The fraction of sp³-hybridized carbons (Fsp3) is 0.250. The zero-order valence-corrected chi connectivity index (χ0v) is 11.6. The summed E-state index contributed by atoms with van der Waals surface area (Å²) < 4.78 is 5.16. The second kappa shape index (κ2) is 5.76. The van der Waals surface area contributed by atoms with Gasteiger partial charge in [-0.05, 0) is 48.4 Å². The van der Waals surface area contributed by atoms with Crippen LogP contribution in [0.25, 0.3) is 0 Å². The number of methoxy groups -OCH3 is 1. The summed E-state index contributed by atoms with van der Waals surface area (Å²) in [5, 5.41) is 9.14. The lowest BCUT2D eigenvalue weighted by Gasteiger charge is -2.22. The van der Waals surface area contributed by atoms with Gasteiger partial charge in [-0.1, -0.05) is 12.1 Å². The highest BCUT2D eigenvalue weighted by molar-refractivity contribution is 5.66.